The lowest BCUT2D eigenvalue weighted by Crippen LogP contribution is -2.33. The van der Waals surface area contributed by atoms with Crippen molar-refractivity contribution in [2.45, 2.75) is 26.8 Å². The van der Waals surface area contributed by atoms with Crippen LogP contribution >= 0.6 is 0 Å². The van der Waals surface area contributed by atoms with Crippen molar-refractivity contribution in [3.8, 4) is 5.75 Å². The predicted molar refractivity (Wildman–Crippen MR) is 98.7 cm³/mol. The van der Waals surface area contributed by atoms with Gasteiger partial charge in [0.2, 0.25) is 11.8 Å². The number of carbonyl (C=O) groups is 2. The lowest BCUT2D eigenvalue weighted by Gasteiger charge is -2.21. The summed E-state index contributed by atoms with van der Waals surface area (Å²) in [7, 11) is 1.59. The van der Waals surface area contributed by atoms with Crippen LogP contribution in [-0.2, 0) is 16.1 Å². The van der Waals surface area contributed by atoms with Gasteiger partial charge in [-0.1, -0.05) is 29.8 Å². The molecule has 2 amide bonds. The second-order valence-corrected chi connectivity index (χ2v) is 5.88. The second kappa shape index (κ2) is 8.87. The molecule has 0 aliphatic heterocycles. The molecular formula is C20H24N2O3. The van der Waals surface area contributed by atoms with Gasteiger partial charge in [-0.3, -0.25) is 9.59 Å². The molecule has 25 heavy (non-hydrogen) atoms. The first-order valence-electron chi connectivity index (χ1n) is 8.24. The van der Waals surface area contributed by atoms with Crippen LogP contribution in [0.2, 0.25) is 0 Å². The van der Waals surface area contributed by atoms with Gasteiger partial charge in [-0.2, -0.15) is 0 Å². The number of aryl methyl sites for hydroxylation is 1. The molecule has 0 aliphatic rings. The number of methoxy groups -OCH3 is 1. The van der Waals surface area contributed by atoms with Crippen molar-refractivity contribution in [3.63, 3.8) is 0 Å². The third-order valence-corrected chi connectivity index (χ3v) is 3.90. The number of nitrogens with one attached hydrogen (secondary N) is 1. The molecule has 2 rings (SSSR count). The van der Waals surface area contributed by atoms with E-state index in [9.17, 15) is 9.59 Å². The quantitative estimate of drug-likeness (QED) is 0.843. The normalized spacial score (nSPS) is 10.2. The number of nitrogens with zero attached hydrogens (tertiary/aromatic N) is 1. The van der Waals surface area contributed by atoms with Crippen LogP contribution in [0.5, 0.6) is 5.75 Å². The molecule has 0 fully saturated rings. The standard InChI is InChI=1S/C20H24N2O3/c1-15-5-4-6-17(13-15)14-21-20(24)11-12-22(16(2)23)18-7-9-19(25-3)10-8-18/h4-10,13H,11-12,14H2,1-3H3,(H,21,24). The monoisotopic (exact) mass is 340 g/mol. The minimum absolute atomic E-state index is 0.0822. The van der Waals surface area contributed by atoms with Crippen molar-refractivity contribution in [1.82, 2.24) is 5.32 Å². The molecule has 0 saturated carbocycles. The Labute approximate surface area is 148 Å². The van der Waals surface area contributed by atoms with Gasteiger partial charge in [0, 0.05) is 32.1 Å². The average molecular weight is 340 g/mol. The summed E-state index contributed by atoms with van der Waals surface area (Å²) in [5.41, 5.74) is 2.97. The maximum atomic E-state index is 12.1. The van der Waals surface area contributed by atoms with Gasteiger partial charge >= 0.3 is 0 Å². The predicted octanol–water partition coefficient (Wildman–Crippen LogP) is 3.06. The molecule has 0 radical (unpaired) electrons. The largest absolute Gasteiger partial charge is 0.497 e. The van der Waals surface area contributed by atoms with E-state index in [-0.39, 0.29) is 18.2 Å². The van der Waals surface area contributed by atoms with Gasteiger partial charge in [-0.15, -0.1) is 0 Å². The number of anilines is 1. The number of carbonyl (C=O) groups excluding carboxylic acids is 2. The fraction of sp³-hybridized carbons (Fsp3) is 0.300. The molecule has 0 aromatic heterocycles. The summed E-state index contributed by atoms with van der Waals surface area (Å²) >= 11 is 0. The van der Waals surface area contributed by atoms with Crippen LogP contribution in [0.15, 0.2) is 48.5 Å². The Bertz CT molecular complexity index is 726. The zero-order valence-electron chi connectivity index (χ0n) is 14.9. The van der Waals surface area contributed by atoms with Crippen LogP contribution in [0.4, 0.5) is 5.69 Å². The summed E-state index contributed by atoms with van der Waals surface area (Å²) in [4.78, 5) is 25.6. The summed E-state index contributed by atoms with van der Waals surface area (Å²) in [6.07, 6.45) is 0.247. The lowest BCUT2D eigenvalue weighted by atomic mass is 10.1. The summed E-state index contributed by atoms with van der Waals surface area (Å²) in [5.74, 6) is 0.543. The molecule has 2 aromatic carbocycles. The summed E-state index contributed by atoms with van der Waals surface area (Å²) < 4.78 is 5.12. The van der Waals surface area contributed by atoms with E-state index < -0.39 is 0 Å². The topological polar surface area (TPSA) is 58.6 Å². The number of benzene rings is 2. The molecule has 2 aromatic rings. The van der Waals surface area contributed by atoms with Gasteiger partial charge in [0.25, 0.3) is 0 Å². The van der Waals surface area contributed by atoms with Gasteiger partial charge in [-0.05, 0) is 36.8 Å². The molecule has 5 heteroatoms. The molecular weight excluding hydrogens is 316 g/mol. The van der Waals surface area contributed by atoms with E-state index in [0.29, 0.717) is 13.1 Å². The molecule has 0 unspecified atom stereocenters. The van der Waals surface area contributed by atoms with Crippen molar-refractivity contribution in [2.24, 2.45) is 0 Å². The fourth-order valence-electron chi connectivity index (χ4n) is 2.56. The number of rotatable bonds is 7. The van der Waals surface area contributed by atoms with Gasteiger partial charge < -0.3 is 15.0 Å². The van der Waals surface area contributed by atoms with E-state index in [2.05, 4.69) is 5.32 Å². The third kappa shape index (κ3) is 5.64. The number of hydrogen-bond acceptors (Lipinski definition) is 3. The van der Waals surface area contributed by atoms with E-state index in [1.807, 2.05) is 43.3 Å². The summed E-state index contributed by atoms with van der Waals surface area (Å²) in [6.45, 7) is 4.34. The molecule has 0 heterocycles. The maximum Gasteiger partial charge on any atom is 0.223 e. The van der Waals surface area contributed by atoms with Crippen molar-refractivity contribution in [2.75, 3.05) is 18.6 Å². The van der Waals surface area contributed by atoms with E-state index in [0.717, 1.165) is 22.6 Å². The van der Waals surface area contributed by atoms with Gasteiger partial charge in [0.05, 0.1) is 7.11 Å². The molecule has 0 spiro atoms. The Balaban J connectivity index is 1.89. The molecule has 5 nitrogen and oxygen atoms in total. The van der Waals surface area contributed by atoms with Gasteiger partial charge in [0.15, 0.2) is 0 Å². The lowest BCUT2D eigenvalue weighted by molar-refractivity contribution is -0.121. The van der Waals surface area contributed by atoms with Crippen LogP contribution in [0.25, 0.3) is 0 Å². The molecule has 1 N–H and O–H groups in total. The van der Waals surface area contributed by atoms with Crippen molar-refractivity contribution < 1.29 is 14.3 Å². The Morgan fingerprint density at radius 3 is 2.44 bits per heavy atom. The maximum absolute atomic E-state index is 12.1. The Hall–Kier alpha value is -2.82. The molecule has 0 saturated heterocycles. The van der Waals surface area contributed by atoms with Gasteiger partial charge in [-0.25, -0.2) is 0 Å². The van der Waals surface area contributed by atoms with Crippen LogP contribution in [0.3, 0.4) is 0 Å². The van der Waals surface area contributed by atoms with E-state index >= 15 is 0 Å². The Morgan fingerprint density at radius 2 is 1.84 bits per heavy atom. The van der Waals surface area contributed by atoms with E-state index in [4.69, 9.17) is 4.74 Å². The smallest absolute Gasteiger partial charge is 0.223 e. The Morgan fingerprint density at radius 1 is 1.12 bits per heavy atom. The average Bonchev–Trinajstić information content (AvgIpc) is 2.60. The van der Waals surface area contributed by atoms with Crippen LogP contribution in [0.1, 0.15) is 24.5 Å². The minimum atomic E-state index is -0.100. The first kappa shape index (κ1) is 18.5. The first-order valence-corrected chi connectivity index (χ1v) is 8.24. The highest BCUT2D eigenvalue weighted by Gasteiger charge is 2.13. The highest BCUT2D eigenvalue weighted by atomic mass is 16.5. The Kier molecular flexibility index (Phi) is 6.57. The number of hydrogen-bond donors (Lipinski definition) is 1. The highest BCUT2D eigenvalue weighted by molar-refractivity contribution is 5.92. The zero-order valence-corrected chi connectivity index (χ0v) is 14.9. The molecule has 0 aliphatic carbocycles. The van der Waals surface area contributed by atoms with E-state index in [1.165, 1.54) is 6.92 Å². The van der Waals surface area contributed by atoms with Gasteiger partial charge in [0.1, 0.15) is 5.75 Å². The SMILES string of the molecule is COc1ccc(N(CCC(=O)NCc2cccc(C)c2)C(C)=O)cc1. The van der Waals surface area contributed by atoms with Crippen molar-refractivity contribution >= 4 is 17.5 Å². The number of amides is 2. The minimum Gasteiger partial charge on any atom is -0.497 e. The molecule has 0 atom stereocenters. The summed E-state index contributed by atoms with van der Waals surface area (Å²) in [5, 5.41) is 2.89. The zero-order chi connectivity index (χ0) is 18.2. The van der Waals surface area contributed by atoms with Crippen molar-refractivity contribution in [1.29, 1.82) is 0 Å². The molecule has 132 valence electrons. The first-order chi connectivity index (χ1) is 12.0. The van der Waals surface area contributed by atoms with Crippen LogP contribution < -0.4 is 15.0 Å². The third-order valence-electron chi connectivity index (χ3n) is 3.90. The van der Waals surface area contributed by atoms with E-state index in [1.54, 1.807) is 24.1 Å². The van der Waals surface area contributed by atoms with Crippen molar-refractivity contribution in [3.05, 3.63) is 59.7 Å². The summed E-state index contributed by atoms with van der Waals surface area (Å²) in [6, 6.07) is 15.2. The highest BCUT2D eigenvalue weighted by Crippen LogP contribution is 2.19. The molecule has 0 bridgehead atoms. The fourth-order valence-corrected chi connectivity index (χ4v) is 2.56. The second-order valence-electron chi connectivity index (χ2n) is 5.88. The van der Waals surface area contributed by atoms with Crippen LogP contribution in [-0.4, -0.2) is 25.5 Å². The number of ether oxygens (including phenoxy) is 1. The van der Waals surface area contributed by atoms with Crippen LogP contribution in [0, 0.1) is 6.92 Å².